The molecule has 186 valence electrons. The van der Waals surface area contributed by atoms with Crippen LogP contribution >= 0.6 is 0 Å². The Kier molecular flexibility index (Phi) is 5.07. The van der Waals surface area contributed by atoms with Crippen molar-refractivity contribution in [1.29, 1.82) is 0 Å². The predicted molar refractivity (Wildman–Crippen MR) is 135 cm³/mol. The van der Waals surface area contributed by atoms with Crippen LogP contribution in [0.15, 0.2) is 40.3 Å². The molecule has 7 heterocycles. The molecule has 0 aliphatic carbocycles. The number of anilines is 2. The van der Waals surface area contributed by atoms with E-state index in [0.29, 0.717) is 6.54 Å². The van der Waals surface area contributed by atoms with Gasteiger partial charge in [0.25, 0.3) is 0 Å². The Morgan fingerprint density at radius 2 is 1.97 bits per heavy atom. The van der Waals surface area contributed by atoms with Gasteiger partial charge in [-0.05, 0) is 44.7 Å². The molecule has 4 aliphatic heterocycles. The van der Waals surface area contributed by atoms with Crippen LogP contribution in [-0.2, 0) is 17.7 Å². The molecule has 3 aromatic rings. The molecule has 0 radical (unpaired) electrons. The van der Waals surface area contributed by atoms with Gasteiger partial charge in [-0.3, -0.25) is 9.98 Å². The lowest BCUT2D eigenvalue weighted by Crippen LogP contribution is -2.50. The summed E-state index contributed by atoms with van der Waals surface area (Å²) in [6, 6.07) is 4.24. The Hall–Kier alpha value is -3.37. The number of rotatable bonds is 2. The van der Waals surface area contributed by atoms with E-state index >= 15 is 0 Å². The molecule has 2 fully saturated rings. The number of aromatic nitrogens is 4. The number of nitrogens with zero attached hydrogens (tertiary/aromatic N) is 7. The van der Waals surface area contributed by atoms with Crippen molar-refractivity contribution in [1.82, 2.24) is 20.1 Å². The van der Waals surface area contributed by atoms with Gasteiger partial charge < -0.3 is 24.8 Å². The molecule has 2 N–H and O–H groups in total. The van der Waals surface area contributed by atoms with Crippen LogP contribution in [0.25, 0.3) is 11.3 Å². The molecule has 10 heteroatoms. The van der Waals surface area contributed by atoms with Crippen LogP contribution < -0.4 is 15.5 Å². The molecule has 0 bridgehead atoms. The molecule has 2 atom stereocenters. The zero-order valence-electron chi connectivity index (χ0n) is 20.4. The number of pyridine rings is 1. The maximum absolute atomic E-state index is 6.50. The topological polar surface area (TPSA) is 119 Å². The van der Waals surface area contributed by atoms with Crippen LogP contribution in [0, 0.1) is 5.41 Å². The van der Waals surface area contributed by atoms with Crippen molar-refractivity contribution in [2.24, 2.45) is 16.1 Å². The van der Waals surface area contributed by atoms with Crippen molar-refractivity contribution in [2.45, 2.75) is 51.3 Å². The minimum absolute atomic E-state index is 0.0973. The Balaban J connectivity index is 1.10. The first-order valence-corrected chi connectivity index (χ1v) is 12.8. The second kappa shape index (κ2) is 8.35. The zero-order chi connectivity index (χ0) is 24.3. The van der Waals surface area contributed by atoms with Gasteiger partial charge in [0.15, 0.2) is 5.84 Å². The molecule has 0 unspecified atom stereocenters. The fourth-order valence-electron chi connectivity index (χ4n) is 6.12. The van der Waals surface area contributed by atoms with Gasteiger partial charge in [0.2, 0.25) is 0 Å². The number of amidine groups is 1. The second-order valence-electron chi connectivity index (χ2n) is 10.4. The first-order chi connectivity index (χ1) is 17.6. The van der Waals surface area contributed by atoms with Crippen molar-refractivity contribution in [3.63, 3.8) is 0 Å². The van der Waals surface area contributed by atoms with Gasteiger partial charge in [0.05, 0.1) is 60.0 Å². The summed E-state index contributed by atoms with van der Waals surface area (Å²) in [5, 5.41) is 3.80. The predicted octanol–water partition coefficient (Wildman–Crippen LogP) is 2.57. The minimum Gasteiger partial charge on any atom is -0.376 e. The summed E-state index contributed by atoms with van der Waals surface area (Å²) >= 11 is 0. The van der Waals surface area contributed by atoms with E-state index in [1.807, 2.05) is 12.3 Å². The molecule has 10 nitrogen and oxygen atoms in total. The number of nitrogens with two attached hydrogens (primary N) is 1. The first kappa shape index (κ1) is 21.9. The lowest BCUT2D eigenvalue weighted by atomic mass is 9.73. The number of piperidine rings is 1. The number of aryl methyl sites for hydroxylation is 1. The number of hydrogen-bond donors (Lipinski definition) is 1. The van der Waals surface area contributed by atoms with Gasteiger partial charge in [-0.2, -0.15) is 0 Å². The average Bonchev–Trinajstić information content (AvgIpc) is 3.66. The largest absolute Gasteiger partial charge is 0.376 e. The first-order valence-electron chi connectivity index (χ1n) is 12.8. The third kappa shape index (κ3) is 3.42. The monoisotopic (exact) mass is 486 g/mol. The quantitative estimate of drug-likeness (QED) is 0.583. The second-order valence-corrected chi connectivity index (χ2v) is 10.4. The Morgan fingerprint density at radius 3 is 2.75 bits per heavy atom. The Bertz CT molecular complexity index is 1320. The highest BCUT2D eigenvalue weighted by atomic mass is 16.5. The van der Waals surface area contributed by atoms with E-state index in [4.69, 9.17) is 34.9 Å². The van der Waals surface area contributed by atoms with Gasteiger partial charge in [-0.15, -0.1) is 0 Å². The number of ether oxygens (including phenoxy) is 1. The van der Waals surface area contributed by atoms with Crippen LogP contribution in [0.5, 0.6) is 0 Å². The van der Waals surface area contributed by atoms with E-state index in [1.165, 1.54) is 0 Å². The summed E-state index contributed by atoms with van der Waals surface area (Å²) in [5.74, 6) is 1.82. The number of aliphatic imine (C=N–C) groups is 1. The lowest BCUT2D eigenvalue weighted by Gasteiger charge is -2.41. The van der Waals surface area contributed by atoms with Crippen LogP contribution in [0.2, 0.25) is 0 Å². The summed E-state index contributed by atoms with van der Waals surface area (Å²) in [4.78, 5) is 24.2. The number of fused-ring (bicyclic) bond motifs is 2. The van der Waals surface area contributed by atoms with E-state index in [1.54, 1.807) is 12.5 Å². The average molecular weight is 487 g/mol. The van der Waals surface area contributed by atoms with Gasteiger partial charge in [0, 0.05) is 31.1 Å². The van der Waals surface area contributed by atoms with Crippen molar-refractivity contribution in [3.8, 4) is 11.3 Å². The van der Waals surface area contributed by atoms with E-state index in [-0.39, 0.29) is 17.6 Å². The van der Waals surface area contributed by atoms with Crippen molar-refractivity contribution in [2.75, 3.05) is 36.0 Å². The fourth-order valence-corrected chi connectivity index (χ4v) is 6.12. The smallest absolute Gasteiger partial charge is 0.156 e. The summed E-state index contributed by atoms with van der Waals surface area (Å²) in [5.41, 5.74) is 12.3. The standard InChI is InChI=1S/C26H30N8O2/c1-16-24(27)26(15-35-16)6-9-33(10-7-26)22-13-28-23-20(32-22)12-29-25(23)34-8-2-3-19-21(34)5-4-18(31-19)17-11-30-36-14-17/h4-5,11,13-14,16,24H,2-3,6-10,12,15,27H2,1H3/t16-,24+/m0/s1. The molecule has 1 spiro atoms. The minimum atomic E-state index is 0.0973. The Labute approximate surface area is 209 Å². The summed E-state index contributed by atoms with van der Waals surface area (Å²) < 4.78 is 10.9. The SMILES string of the molecule is C[C@@H]1OCC2(CCN(c3cnc4c(n3)CN=C4N3CCCc4nc(-c5cnoc5)ccc43)CC2)[C@@H]1N. The normalized spacial score (nSPS) is 24.7. The zero-order valence-corrected chi connectivity index (χ0v) is 20.4. The summed E-state index contributed by atoms with van der Waals surface area (Å²) in [6.07, 6.45) is 9.34. The van der Waals surface area contributed by atoms with Gasteiger partial charge >= 0.3 is 0 Å². The van der Waals surface area contributed by atoms with E-state index < -0.39 is 0 Å². The molecule has 3 aromatic heterocycles. The highest BCUT2D eigenvalue weighted by molar-refractivity contribution is 6.11. The fraction of sp³-hybridized carbons (Fsp3) is 0.500. The van der Waals surface area contributed by atoms with Crippen molar-refractivity contribution in [3.05, 3.63) is 47.9 Å². The van der Waals surface area contributed by atoms with E-state index in [9.17, 15) is 0 Å². The van der Waals surface area contributed by atoms with Crippen LogP contribution in [0.1, 0.15) is 43.3 Å². The third-order valence-corrected chi connectivity index (χ3v) is 8.37. The molecule has 36 heavy (non-hydrogen) atoms. The molecule has 0 amide bonds. The van der Waals surface area contributed by atoms with E-state index in [0.717, 1.165) is 97.6 Å². The number of hydrogen-bond acceptors (Lipinski definition) is 10. The van der Waals surface area contributed by atoms with Crippen molar-refractivity contribution >= 4 is 17.3 Å². The molecule has 4 aliphatic rings. The molecule has 0 aromatic carbocycles. The molecule has 2 saturated heterocycles. The lowest BCUT2D eigenvalue weighted by molar-refractivity contribution is 0.0974. The highest BCUT2D eigenvalue weighted by Crippen LogP contribution is 2.42. The third-order valence-electron chi connectivity index (χ3n) is 8.37. The molecular formula is C26H30N8O2. The molecule has 0 saturated carbocycles. The van der Waals surface area contributed by atoms with Crippen LogP contribution in [0.4, 0.5) is 11.5 Å². The van der Waals surface area contributed by atoms with Gasteiger partial charge in [0.1, 0.15) is 17.8 Å². The molecule has 7 rings (SSSR count). The van der Waals surface area contributed by atoms with Crippen molar-refractivity contribution < 1.29 is 9.26 Å². The summed E-state index contributed by atoms with van der Waals surface area (Å²) in [6.45, 7) is 6.13. The molecular weight excluding hydrogens is 456 g/mol. The Morgan fingerprint density at radius 1 is 1.08 bits per heavy atom. The maximum atomic E-state index is 6.50. The van der Waals surface area contributed by atoms with Crippen LogP contribution in [0.3, 0.4) is 0 Å². The maximum Gasteiger partial charge on any atom is 0.156 e. The highest BCUT2D eigenvalue weighted by Gasteiger charge is 2.47. The van der Waals surface area contributed by atoms with E-state index in [2.05, 4.69) is 27.9 Å². The summed E-state index contributed by atoms with van der Waals surface area (Å²) in [7, 11) is 0. The van der Waals surface area contributed by atoms with Gasteiger partial charge in [-0.1, -0.05) is 5.16 Å². The van der Waals surface area contributed by atoms with Crippen LogP contribution in [-0.4, -0.2) is 64.3 Å². The van der Waals surface area contributed by atoms with Gasteiger partial charge in [-0.25, -0.2) is 9.97 Å².